The lowest BCUT2D eigenvalue weighted by Gasteiger charge is -2.16. The number of carboxylic acid groups (broad SMARTS) is 1. The number of hydrogen-bond donors (Lipinski definition) is 1. The van der Waals surface area contributed by atoms with Gasteiger partial charge in [0.1, 0.15) is 5.92 Å². The van der Waals surface area contributed by atoms with Crippen molar-refractivity contribution in [3.05, 3.63) is 51.7 Å². The molecule has 3 rings (SSSR count). The number of carboxylic acids is 1. The summed E-state index contributed by atoms with van der Waals surface area (Å²) >= 11 is 1.47. The molecule has 0 unspecified atom stereocenters. The largest absolute Gasteiger partial charge is 0.481 e. The summed E-state index contributed by atoms with van der Waals surface area (Å²) in [5, 5.41) is 9.34. The predicted molar refractivity (Wildman–Crippen MR) is 82.2 cm³/mol. The standard InChI is InChI=1S/C16H15NO3S/c1-2-10-7-8-14(21-10)15(18)17-9-12(16(19)20)11-5-3-4-6-13(11)17/h3-8,12H,2,9H2,1H3,(H,19,20)/t12-/m0/s1. The maximum absolute atomic E-state index is 12.7. The zero-order chi connectivity index (χ0) is 15.0. The van der Waals surface area contributed by atoms with Crippen molar-refractivity contribution in [1.82, 2.24) is 0 Å². The molecule has 5 heteroatoms. The van der Waals surface area contributed by atoms with Crippen LogP contribution >= 0.6 is 11.3 Å². The number of para-hydroxylation sites is 1. The fraction of sp³-hybridized carbons (Fsp3) is 0.250. The lowest BCUT2D eigenvalue weighted by atomic mass is 10.0. The molecule has 1 atom stereocenters. The molecule has 2 heterocycles. The van der Waals surface area contributed by atoms with Crippen LogP contribution in [0.15, 0.2) is 36.4 Å². The molecule has 0 saturated carbocycles. The normalized spacial score (nSPS) is 16.8. The quantitative estimate of drug-likeness (QED) is 0.947. The van der Waals surface area contributed by atoms with Crippen molar-refractivity contribution in [2.75, 3.05) is 11.4 Å². The van der Waals surface area contributed by atoms with E-state index in [1.165, 1.54) is 11.3 Å². The fourth-order valence-corrected chi connectivity index (χ4v) is 3.52. The van der Waals surface area contributed by atoms with Gasteiger partial charge in [-0.1, -0.05) is 25.1 Å². The van der Waals surface area contributed by atoms with E-state index in [4.69, 9.17) is 0 Å². The summed E-state index contributed by atoms with van der Waals surface area (Å²) in [4.78, 5) is 27.4. The Morgan fingerprint density at radius 3 is 2.71 bits per heavy atom. The predicted octanol–water partition coefficient (Wildman–Crippen LogP) is 3.14. The molecule has 1 aliphatic heterocycles. The van der Waals surface area contributed by atoms with E-state index in [0.717, 1.165) is 11.3 Å². The summed E-state index contributed by atoms with van der Waals surface area (Å²) in [6, 6.07) is 11.0. The highest BCUT2D eigenvalue weighted by atomic mass is 32.1. The average Bonchev–Trinajstić information content (AvgIpc) is 3.11. The molecule has 0 saturated heterocycles. The third kappa shape index (κ3) is 2.34. The number of nitrogens with zero attached hydrogens (tertiary/aromatic N) is 1. The minimum absolute atomic E-state index is 0.115. The first kappa shape index (κ1) is 13.8. The zero-order valence-electron chi connectivity index (χ0n) is 11.6. The number of carbonyl (C=O) groups excluding carboxylic acids is 1. The summed E-state index contributed by atoms with van der Waals surface area (Å²) in [5.74, 6) is -1.65. The first-order chi connectivity index (χ1) is 10.1. The average molecular weight is 301 g/mol. The van der Waals surface area contributed by atoms with Crippen LogP contribution in [0.1, 0.15) is 33.0 Å². The van der Waals surface area contributed by atoms with Crippen molar-refractivity contribution in [3.63, 3.8) is 0 Å². The smallest absolute Gasteiger partial charge is 0.312 e. The van der Waals surface area contributed by atoms with Gasteiger partial charge in [0, 0.05) is 17.1 Å². The third-order valence-corrected chi connectivity index (χ3v) is 4.95. The van der Waals surface area contributed by atoms with Crippen LogP contribution in [-0.4, -0.2) is 23.5 Å². The number of benzene rings is 1. The molecule has 0 bridgehead atoms. The van der Waals surface area contributed by atoms with Crippen molar-refractivity contribution >= 4 is 28.9 Å². The fourth-order valence-electron chi connectivity index (χ4n) is 2.63. The van der Waals surface area contributed by atoms with Crippen LogP contribution in [0.25, 0.3) is 0 Å². The van der Waals surface area contributed by atoms with Crippen molar-refractivity contribution in [2.45, 2.75) is 19.3 Å². The Balaban J connectivity index is 1.96. The second-order valence-corrected chi connectivity index (χ2v) is 6.15. The lowest BCUT2D eigenvalue weighted by molar-refractivity contribution is -0.138. The molecule has 4 nitrogen and oxygen atoms in total. The maximum Gasteiger partial charge on any atom is 0.312 e. The summed E-state index contributed by atoms with van der Waals surface area (Å²) in [6.45, 7) is 2.25. The number of rotatable bonds is 3. The first-order valence-electron chi connectivity index (χ1n) is 6.84. The van der Waals surface area contributed by atoms with Gasteiger partial charge in [-0.2, -0.15) is 0 Å². The van der Waals surface area contributed by atoms with E-state index in [1.54, 1.807) is 11.0 Å². The van der Waals surface area contributed by atoms with Crippen LogP contribution in [0.5, 0.6) is 0 Å². The van der Waals surface area contributed by atoms with Gasteiger partial charge in [-0.05, 0) is 30.2 Å². The second kappa shape index (κ2) is 5.33. The minimum Gasteiger partial charge on any atom is -0.481 e. The number of aryl methyl sites for hydroxylation is 1. The first-order valence-corrected chi connectivity index (χ1v) is 7.65. The molecule has 0 aliphatic carbocycles. The van der Waals surface area contributed by atoms with Gasteiger partial charge < -0.3 is 10.0 Å². The lowest BCUT2D eigenvalue weighted by Crippen LogP contribution is -2.30. The van der Waals surface area contributed by atoms with E-state index < -0.39 is 11.9 Å². The summed E-state index contributed by atoms with van der Waals surface area (Å²) in [5.41, 5.74) is 1.42. The molecule has 0 spiro atoms. The molecule has 1 amide bonds. The maximum atomic E-state index is 12.7. The van der Waals surface area contributed by atoms with E-state index in [2.05, 4.69) is 0 Å². The molecule has 1 N–H and O–H groups in total. The Morgan fingerprint density at radius 2 is 2.05 bits per heavy atom. The summed E-state index contributed by atoms with van der Waals surface area (Å²) in [6.07, 6.45) is 0.895. The van der Waals surface area contributed by atoms with Gasteiger partial charge in [-0.15, -0.1) is 11.3 Å². The minimum atomic E-state index is -0.891. The number of aliphatic carboxylic acids is 1. The Morgan fingerprint density at radius 1 is 1.29 bits per heavy atom. The van der Waals surface area contributed by atoms with E-state index in [1.807, 2.05) is 37.3 Å². The number of hydrogen-bond acceptors (Lipinski definition) is 3. The molecule has 1 aromatic heterocycles. The topological polar surface area (TPSA) is 57.6 Å². The number of fused-ring (bicyclic) bond motifs is 1. The highest BCUT2D eigenvalue weighted by Crippen LogP contribution is 2.37. The van der Waals surface area contributed by atoms with Gasteiger partial charge >= 0.3 is 5.97 Å². The van der Waals surface area contributed by atoms with Crippen LogP contribution in [0, 0.1) is 0 Å². The van der Waals surface area contributed by atoms with Gasteiger partial charge in [0.15, 0.2) is 0 Å². The monoisotopic (exact) mass is 301 g/mol. The van der Waals surface area contributed by atoms with E-state index in [0.29, 0.717) is 16.1 Å². The number of carbonyl (C=O) groups is 2. The van der Waals surface area contributed by atoms with Crippen molar-refractivity contribution < 1.29 is 14.7 Å². The molecule has 0 radical (unpaired) electrons. The molecular weight excluding hydrogens is 286 g/mol. The second-order valence-electron chi connectivity index (χ2n) is 4.98. The van der Waals surface area contributed by atoms with E-state index in [9.17, 15) is 14.7 Å². The Bertz CT molecular complexity index is 707. The van der Waals surface area contributed by atoms with Crippen LogP contribution in [0.3, 0.4) is 0 Å². The molecular formula is C16H15NO3S. The van der Waals surface area contributed by atoms with E-state index >= 15 is 0 Å². The highest BCUT2D eigenvalue weighted by molar-refractivity contribution is 7.14. The molecule has 2 aromatic rings. The van der Waals surface area contributed by atoms with Gasteiger partial charge in [-0.3, -0.25) is 9.59 Å². The van der Waals surface area contributed by atoms with Crippen molar-refractivity contribution in [2.24, 2.45) is 0 Å². The van der Waals surface area contributed by atoms with Gasteiger partial charge in [0.05, 0.1) is 4.88 Å². The van der Waals surface area contributed by atoms with Gasteiger partial charge in [0.25, 0.3) is 5.91 Å². The highest BCUT2D eigenvalue weighted by Gasteiger charge is 2.36. The molecule has 1 aromatic carbocycles. The summed E-state index contributed by atoms with van der Waals surface area (Å²) in [7, 11) is 0. The van der Waals surface area contributed by atoms with Gasteiger partial charge in [0.2, 0.25) is 0 Å². The van der Waals surface area contributed by atoms with Crippen LogP contribution in [0.4, 0.5) is 5.69 Å². The van der Waals surface area contributed by atoms with Crippen molar-refractivity contribution in [1.29, 1.82) is 0 Å². The van der Waals surface area contributed by atoms with E-state index in [-0.39, 0.29) is 12.5 Å². The SMILES string of the molecule is CCc1ccc(C(=O)N2C[C@H](C(=O)O)c3ccccc32)s1. The van der Waals surface area contributed by atoms with Gasteiger partial charge in [-0.25, -0.2) is 0 Å². The number of thiophene rings is 1. The third-order valence-electron chi connectivity index (χ3n) is 3.73. The van der Waals surface area contributed by atoms with Crippen LogP contribution in [-0.2, 0) is 11.2 Å². The molecule has 21 heavy (non-hydrogen) atoms. The van der Waals surface area contributed by atoms with Crippen LogP contribution < -0.4 is 4.90 Å². The molecule has 0 fully saturated rings. The van der Waals surface area contributed by atoms with Crippen molar-refractivity contribution in [3.8, 4) is 0 Å². The Labute approximate surface area is 126 Å². The summed E-state index contributed by atoms with van der Waals surface area (Å²) < 4.78 is 0. The number of anilines is 1. The number of amides is 1. The Kier molecular flexibility index (Phi) is 3.51. The zero-order valence-corrected chi connectivity index (χ0v) is 12.4. The molecule has 1 aliphatic rings. The van der Waals surface area contributed by atoms with Crippen LogP contribution in [0.2, 0.25) is 0 Å². The molecule has 108 valence electrons. The Hall–Kier alpha value is -2.14.